The molecule has 118 valence electrons. The van der Waals surface area contributed by atoms with E-state index in [0.717, 1.165) is 31.9 Å². The zero-order valence-electron chi connectivity index (χ0n) is 13.0. The highest BCUT2D eigenvalue weighted by atomic mass is 35.5. The van der Waals surface area contributed by atoms with E-state index >= 15 is 0 Å². The second kappa shape index (κ2) is 7.73. The van der Waals surface area contributed by atoms with Gasteiger partial charge in [0, 0.05) is 37.4 Å². The summed E-state index contributed by atoms with van der Waals surface area (Å²) in [5.74, 6) is 1.09. The molecule has 0 bridgehead atoms. The minimum absolute atomic E-state index is 0. The minimum Gasteiger partial charge on any atom is -0.330 e. The van der Waals surface area contributed by atoms with Crippen molar-refractivity contribution in [3.63, 3.8) is 0 Å². The Balaban J connectivity index is 0.00000176. The Kier molecular flexibility index (Phi) is 5.95. The quantitative estimate of drug-likeness (QED) is 0.942. The first-order valence-electron chi connectivity index (χ1n) is 7.66. The van der Waals surface area contributed by atoms with Gasteiger partial charge in [-0.25, -0.2) is 0 Å². The number of benzene rings is 1. The topological polar surface area (TPSA) is 42.2 Å². The standard InChI is InChI=1S/C18H23N3.ClH/c1-14-16(8-5-9-20-14)11-21-12-17(10-19)18(13-21)15-6-3-2-4-7-15;/h2-9,17-18H,10-13,19H2,1H3;1H/t17-,18+;/m1./s1. The number of likely N-dealkylation sites (tertiary alicyclic amines) is 1. The molecule has 0 unspecified atom stereocenters. The Morgan fingerprint density at radius 1 is 1.14 bits per heavy atom. The molecular weight excluding hydrogens is 294 g/mol. The van der Waals surface area contributed by atoms with Crippen molar-refractivity contribution in [2.45, 2.75) is 19.4 Å². The summed E-state index contributed by atoms with van der Waals surface area (Å²) >= 11 is 0. The highest BCUT2D eigenvalue weighted by Gasteiger charge is 2.32. The zero-order valence-corrected chi connectivity index (χ0v) is 13.8. The number of rotatable bonds is 4. The van der Waals surface area contributed by atoms with Crippen molar-refractivity contribution in [2.75, 3.05) is 19.6 Å². The van der Waals surface area contributed by atoms with Crippen molar-refractivity contribution in [1.82, 2.24) is 9.88 Å². The van der Waals surface area contributed by atoms with Gasteiger partial charge >= 0.3 is 0 Å². The molecule has 1 aliphatic rings. The van der Waals surface area contributed by atoms with E-state index in [-0.39, 0.29) is 12.4 Å². The zero-order chi connectivity index (χ0) is 14.7. The van der Waals surface area contributed by atoms with Gasteiger partial charge in [0.2, 0.25) is 0 Å². The molecule has 2 aromatic rings. The second-order valence-electron chi connectivity index (χ2n) is 5.95. The number of nitrogens with two attached hydrogens (primary N) is 1. The molecule has 2 heterocycles. The molecular formula is C18H24ClN3. The van der Waals surface area contributed by atoms with E-state index in [1.54, 1.807) is 0 Å². The van der Waals surface area contributed by atoms with Gasteiger partial charge in [0.05, 0.1) is 0 Å². The Morgan fingerprint density at radius 3 is 2.59 bits per heavy atom. The molecule has 2 N–H and O–H groups in total. The molecule has 4 heteroatoms. The lowest BCUT2D eigenvalue weighted by atomic mass is 9.89. The first-order chi connectivity index (χ1) is 10.3. The molecule has 1 fully saturated rings. The van der Waals surface area contributed by atoms with E-state index in [4.69, 9.17) is 5.73 Å². The van der Waals surface area contributed by atoms with Gasteiger partial charge in [-0.05, 0) is 36.6 Å². The van der Waals surface area contributed by atoms with Crippen molar-refractivity contribution in [2.24, 2.45) is 11.7 Å². The fourth-order valence-electron chi connectivity index (χ4n) is 3.33. The number of aryl methyl sites for hydroxylation is 1. The molecule has 1 saturated heterocycles. The third kappa shape index (κ3) is 3.67. The van der Waals surface area contributed by atoms with Gasteiger partial charge in [-0.3, -0.25) is 9.88 Å². The van der Waals surface area contributed by atoms with Crippen LogP contribution < -0.4 is 5.73 Å². The predicted octanol–water partition coefficient (Wildman–Crippen LogP) is 2.99. The van der Waals surface area contributed by atoms with Crippen LogP contribution >= 0.6 is 12.4 Å². The average molecular weight is 318 g/mol. The highest BCUT2D eigenvalue weighted by molar-refractivity contribution is 5.85. The Labute approximate surface area is 139 Å². The normalized spacial score (nSPS) is 21.5. The van der Waals surface area contributed by atoms with Crippen LogP contribution in [0.25, 0.3) is 0 Å². The number of nitrogens with zero attached hydrogens (tertiary/aromatic N) is 2. The predicted molar refractivity (Wildman–Crippen MR) is 93.2 cm³/mol. The van der Waals surface area contributed by atoms with Gasteiger partial charge in [-0.2, -0.15) is 0 Å². The Hall–Kier alpha value is -1.42. The minimum atomic E-state index is 0. The van der Waals surface area contributed by atoms with Gasteiger partial charge in [-0.1, -0.05) is 36.4 Å². The maximum Gasteiger partial charge on any atom is 0.0417 e. The van der Waals surface area contributed by atoms with Crippen molar-refractivity contribution in [3.05, 3.63) is 65.5 Å². The van der Waals surface area contributed by atoms with Crippen LogP contribution in [0.3, 0.4) is 0 Å². The van der Waals surface area contributed by atoms with E-state index in [0.29, 0.717) is 11.8 Å². The first kappa shape index (κ1) is 16.9. The van der Waals surface area contributed by atoms with Crippen molar-refractivity contribution in [1.29, 1.82) is 0 Å². The van der Waals surface area contributed by atoms with Crippen LogP contribution in [-0.2, 0) is 6.54 Å². The van der Waals surface area contributed by atoms with Crippen molar-refractivity contribution >= 4 is 12.4 Å². The summed E-state index contributed by atoms with van der Waals surface area (Å²) in [5.41, 5.74) is 9.87. The number of pyridine rings is 1. The van der Waals surface area contributed by atoms with Crippen LogP contribution in [0.2, 0.25) is 0 Å². The van der Waals surface area contributed by atoms with Crippen molar-refractivity contribution in [3.8, 4) is 0 Å². The molecule has 0 radical (unpaired) electrons. The van der Waals surface area contributed by atoms with E-state index in [9.17, 15) is 0 Å². The van der Waals surface area contributed by atoms with Crippen LogP contribution in [-0.4, -0.2) is 29.5 Å². The van der Waals surface area contributed by atoms with E-state index in [1.807, 2.05) is 12.3 Å². The van der Waals surface area contributed by atoms with E-state index in [1.165, 1.54) is 11.1 Å². The third-order valence-electron chi connectivity index (χ3n) is 4.56. The number of hydrogen-bond donors (Lipinski definition) is 1. The molecule has 0 amide bonds. The lowest BCUT2D eigenvalue weighted by Gasteiger charge is -2.17. The van der Waals surface area contributed by atoms with Crippen molar-refractivity contribution < 1.29 is 0 Å². The van der Waals surface area contributed by atoms with Crippen LogP contribution in [0, 0.1) is 12.8 Å². The van der Waals surface area contributed by atoms with E-state index < -0.39 is 0 Å². The SMILES string of the molecule is Cc1ncccc1CN1C[C@@H](CN)[C@H](c2ccccc2)C1.Cl. The van der Waals surface area contributed by atoms with Gasteiger partial charge < -0.3 is 5.73 Å². The van der Waals surface area contributed by atoms with Gasteiger partial charge in [0.25, 0.3) is 0 Å². The summed E-state index contributed by atoms with van der Waals surface area (Å²) in [4.78, 5) is 6.90. The Bertz CT molecular complexity index is 588. The summed E-state index contributed by atoms with van der Waals surface area (Å²) < 4.78 is 0. The van der Waals surface area contributed by atoms with Crippen LogP contribution in [0.15, 0.2) is 48.7 Å². The summed E-state index contributed by atoms with van der Waals surface area (Å²) in [6.45, 7) is 5.96. The van der Waals surface area contributed by atoms with Crippen LogP contribution in [0.5, 0.6) is 0 Å². The summed E-state index contributed by atoms with van der Waals surface area (Å²) in [7, 11) is 0. The van der Waals surface area contributed by atoms with Gasteiger partial charge in [0.1, 0.15) is 0 Å². The fourth-order valence-corrected chi connectivity index (χ4v) is 3.33. The van der Waals surface area contributed by atoms with Gasteiger partial charge in [-0.15, -0.1) is 12.4 Å². The molecule has 0 saturated carbocycles. The Morgan fingerprint density at radius 2 is 1.91 bits per heavy atom. The molecule has 22 heavy (non-hydrogen) atoms. The molecule has 0 aliphatic carbocycles. The molecule has 1 aliphatic heterocycles. The molecule has 1 aromatic carbocycles. The van der Waals surface area contributed by atoms with E-state index in [2.05, 4.69) is 53.2 Å². The number of halogens is 1. The molecule has 2 atom stereocenters. The van der Waals surface area contributed by atoms with Crippen LogP contribution in [0.1, 0.15) is 22.7 Å². The summed E-state index contributed by atoms with van der Waals surface area (Å²) in [6, 6.07) is 15.0. The molecule has 3 rings (SSSR count). The number of aromatic nitrogens is 1. The van der Waals surface area contributed by atoms with Crippen LogP contribution in [0.4, 0.5) is 0 Å². The van der Waals surface area contributed by atoms with Gasteiger partial charge in [0.15, 0.2) is 0 Å². The molecule has 3 nitrogen and oxygen atoms in total. The third-order valence-corrected chi connectivity index (χ3v) is 4.56. The average Bonchev–Trinajstić information content (AvgIpc) is 2.93. The molecule has 0 spiro atoms. The molecule has 1 aromatic heterocycles. The second-order valence-corrected chi connectivity index (χ2v) is 5.95. The first-order valence-corrected chi connectivity index (χ1v) is 7.66. The number of hydrogen-bond acceptors (Lipinski definition) is 3. The maximum atomic E-state index is 6.01. The lowest BCUT2D eigenvalue weighted by Crippen LogP contribution is -2.23. The lowest BCUT2D eigenvalue weighted by molar-refractivity contribution is 0.316. The highest BCUT2D eigenvalue weighted by Crippen LogP contribution is 2.32. The maximum absolute atomic E-state index is 6.01. The fraction of sp³-hybridized carbons (Fsp3) is 0.389. The summed E-state index contributed by atoms with van der Waals surface area (Å²) in [5, 5.41) is 0. The smallest absolute Gasteiger partial charge is 0.0417 e. The largest absolute Gasteiger partial charge is 0.330 e. The summed E-state index contributed by atoms with van der Waals surface area (Å²) in [6.07, 6.45) is 1.86. The monoisotopic (exact) mass is 317 g/mol.